The highest BCUT2D eigenvalue weighted by atomic mass is 32.2. The van der Waals surface area contributed by atoms with Crippen LogP contribution in [0.25, 0.3) is 0 Å². The van der Waals surface area contributed by atoms with E-state index in [1.54, 1.807) is 6.92 Å². The van der Waals surface area contributed by atoms with Gasteiger partial charge >= 0.3 is 0 Å². The van der Waals surface area contributed by atoms with Gasteiger partial charge in [-0.15, -0.1) is 0 Å². The average molecular weight is 277 g/mol. The Balaban J connectivity index is 4.11. The maximum Gasteiger partial charge on any atom is 0.150 e. The van der Waals surface area contributed by atoms with Crippen molar-refractivity contribution in [1.82, 2.24) is 4.90 Å². The lowest BCUT2D eigenvalue weighted by Crippen LogP contribution is -2.33. The molecule has 0 fully saturated rings. The molecule has 0 saturated carbocycles. The Morgan fingerprint density at radius 3 is 2.39 bits per heavy atom. The van der Waals surface area contributed by atoms with Crippen molar-refractivity contribution in [1.29, 1.82) is 5.41 Å². The average Bonchev–Trinajstić information content (AvgIpc) is 2.24. The van der Waals surface area contributed by atoms with Crippen molar-refractivity contribution >= 4 is 15.7 Å². The third-order valence-corrected chi connectivity index (χ3v) is 4.48. The number of rotatable bonds is 10. The van der Waals surface area contributed by atoms with E-state index >= 15 is 0 Å². The summed E-state index contributed by atoms with van der Waals surface area (Å²) in [5, 5.41) is 7.23. The smallest absolute Gasteiger partial charge is 0.150 e. The molecular weight excluding hydrogens is 250 g/mol. The summed E-state index contributed by atoms with van der Waals surface area (Å²) < 4.78 is 22.8. The maximum absolute atomic E-state index is 11.4. The van der Waals surface area contributed by atoms with Crippen LogP contribution in [0.4, 0.5) is 0 Å². The summed E-state index contributed by atoms with van der Waals surface area (Å²) in [5.41, 5.74) is 5.35. The Morgan fingerprint density at radius 2 is 1.94 bits per heavy atom. The van der Waals surface area contributed by atoms with Crippen molar-refractivity contribution in [2.45, 2.75) is 33.6 Å². The minimum absolute atomic E-state index is 0.185. The van der Waals surface area contributed by atoms with E-state index in [4.69, 9.17) is 11.1 Å². The molecule has 108 valence electrons. The van der Waals surface area contributed by atoms with Gasteiger partial charge in [0.1, 0.15) is 9.84 Å². The first kappa shape index (κ1) is 17.4. The first-order valence-electron chi connectivity index (χ1n) is 6.52. The van der Waals surface area contributed by atoms with Crippen LogP contribution in [0, 0.1) is 11.3 Å². The summed E-state index contributed by atoms with van der Waals surface area (Å²) in [6.07, 6.45) is 1.20. The zero-order chi connectivity index (χ0) is 14.2. The maximum atomic E-state index is 11.4. The predicted molar refractivity (Wildman–Crippen MR) is 76.8 cm³/mol. The molecule has 0 saturated heterocycles. The molecule has 0 aromatic carbocycles. The topological polar surface area (TPSA) is 87.2 Å². The van der Waals surface area contributed by atoms with Gasteiger partial charge in [0.05, 0.1) is 11.6 Å². The molecule has 6 heteroatoms. The second-order valence-corrected chi connectivity index (χ2v) is 7.53. The Morgan fingerprint density at radius 1 is 1.33 bits per heavy atom. The van der Waals surface area contributed by atoms with Crippen molar-refractivity contribution in [3.05, 3.63) is 0 Å². The van der Waals surface area contributed by atoms with Crippen LogP contribution in [-0.4, -0.2) is 50.3 Å². The van der Waals surface area contributed by atoms with Crippen LogP contribution in [0.15, 0.2) is 0 Å². The zero-order valence-electron chi connectivity index (χ0n) is 11.8. The molecule has 0 amide bonds. The van der Waals surface area contributed by atoms with Crippen molar-refractivity contribution in [3.63, 3.8) is 0 Å². The van der Waals surface area contributed by atoms with Gasteiger partial charge in [0.25, 0.3) is 0 Å². The normalized spacial score (nSPS) is 12.3. The van der Waals surface area contributed by atoms with Gasteiger partial charge in [-0.1, -0.05) is 20.8 Å². The van der Waals surface area contributed by atoms with E-state index in [9.17, 15) is 8.42 Å². The minimum Gasteiger partial charge on any atom is -0.388 e. The first-order valence-corrected chi connectivity index (χ1v) is 8.34. The summed E-state index contributed by atoms with van der Waals surface area (Å²) in [7, 11) is -2.87. The molecule has 0 aliphatic carbocycles. The largest absolute Gasteiger partial charge is 0.388 e. The summed E-state index contributed by atoms with van der Waals surface area (Å²) in [4.78, 5) is 2.19. The molecule has 0 aromatic rings. The monoisotopic (exact) mass is 277 g/mol. The van der Waals surface area contributed by atoms with E-state index in [1.807, 2.05) is 0 Å². The number of hydrogen-bond acceptors (Lipinski definition) is 4. The van der Waals surface area contributed by atoms with Crippen LogP contribution in [-0.2, 0) is 9.84 Å². The van der Waals surface area contributed by atoms with E-state index in [0.717, 1.165) is 19.6 Å². The molecule has 0 aromatic heterocycles. The molecule has 0 atom stereocenters. The Labute approximate surface area is 111 Å². The van der Waals surface area contributed by atoms with Gasteiger partial charge in [0, 0.05) is 25.3 Å². The van der Waals surface area contributed by atoms with E-state index in [-0.39, 0.29) is 17.3 Å². The quantitative estimate of drug-likeness (QED) is 0.462. The van der Waals surface area contributed by atoms with Gasteiger partial charge in [-0.3, -0.25) is 5.41 Å². The van der Waals surface area contributed by atoms with E-state index in [1.165, 1.54) is 0 Å². The van der Waals surface area contributed by atoms with Crippen molar-refractivity contribution < 1.29 is 8.42 Å². The van der Waals surface area contributed by atoms with Crippen LogP contribution in [0.3, 0.4) is 0 Å². The van der Waals surface area contributed by atoms with Gasteiger partial charge in [-0.2, -0.15) is 0 Å². The fourth-order valence-electron chi connectivity index (χ4n) is 1.74. The molecule has 0 rings (SSSR count). The third-order valence-electron chi connectivity index (χ3n) is 2.69. The fourth-order valence-corrected chi connectivity index (χ4v) is 2.60. The fraction of sp³-hybridized carbons (Fsp3) is 0.917. The molecule has 18 heavy (non-hydrogen) atoms. The number of nitrogens with two attached hydrogens (primary N) is 1. The van der Waals surface area contributed by atoms with Gasteiger partial charge in [-0.25, -0.2) is 8.42 Å². The highest BCUT2D eigenvalue weighted by Gasteiger charge is 2.11. The number of nitrogens with one attached hydrogen (secondary N) is 1. The lowest BCUT2D eigenvalue weighted by atomic mass is 10.2. The Hall–Kier alpha value is -0.620. The minimum atomic E-state index is -2.87. The van der Waals surface area contributed by atoms with Crippen molar-refractivity contribution in [3.8, 4) is 0 Å². The Kier molecular flexibility index (Phi) is 8.18. The third kappa shape index (κ3) is 9.41. The summed E-state index contributed by atoms with van der Waals surface area (Å²) >= 11 is 0. The molecule has 0 aliphatic rings. The molecule has 3 N–H and O–H groups in total. The zero-order valence-corrected chi connectivity index (χ0v) is 12.6. The first-order chi connectivity index (χ1) is 8.26. The number of nitrogens with zero attached hydrogens (tertiary/aromatic N) is 1. The Bertz CT molecular complexity index is 339. The van der Waals surface area contributed by atoms with Gasteiger partial charge in [0.15, 0.2) is 0 Å². The number of amidine groups is 1. The van der Waals surface area contributed by atoms with E-state index < -0.39 is 9.84 Å². The molecule has 0 bridgehead atoms. The molecule has 0 heterocycles. The molecule has 0 radical (unpaired) electrons. The van der Waals surface area contributed by atoms with Crippen molar-refractivity contribution in [2.75, 3.05) is 31.1 Å². The summed E-state index contributed by atoms with van der Waals surface area (Å²) in [5.74, 6) is 1.17. The number of sulfone groups is 1. The molecule has 0 aliphatic heterocycles. The van der Waals surface area contributed by atoms with E-state index in [2.05, 4.69) is 18.7 Å². The highest BCUT2D eigenvalue weighted by Crippen LogP contribution is 2.03. The van der Waals surface area contributed by atoms with Crippen LogP contribution in [0.1, 0.15) is 33.6 Å². The SMILES string of the molecule is CCS(=O)(=O)CCCN(CCC(=N)N)CC(C)C. The number of hydrogen-bond donors (Lipinski definition) is 2. The molecular formula is C12H27N3O2S. The van der Waals surface area contributed by atoms with Crippen LogP contribution in [0.2, 0.25) is 0 Å². The summed E-state index contributed by atoms with van der Waals surface area (Å²) in [6.45, 7) is 8.34. The molecule has 0 spiro atoms. The lowest BCUT2D eigenvalue weighted by Gasteiger charge is -2.23. The molecule has 0 unspecified atom stereocenters. The van der Waals surface area contributed by atoms with Crippen LogP contribution in [0.5, 0.6) is 0 Å². The highest BCUT2D eigenvalue weighted by molar-refractivity contribution is 7.91. The van der Waals surface area contributed by atoms with Crippen LogP contribution < -0.4 is 5.73 Å². The van der Waals surface area contributed by atoms with Gasteiger partial charge in [0.2, 0.25) is 0 Å². The lowest BCUT2D eigenvalue weighted by molar-refractivity contribution is 0.251. The van der Waals surface area contributed by atoms with E-state index in [0.29, 0.717) is 18.8 Å². The van der Waals surface area contributed by atoms with Crippen LogP contribution >= 0.6 is 0 Å². The second kappa shape index (κ2) is 8.48. The van der Waals surface area contributed by atoms with Gasteiger partial charge in [-0.05, 0) is 18.9 Å². The predicted octanol–water partition coefficient (Wildman–Crippen LogP) is 1.10. The van der Waals surface area contributed by atoms with Crippen molar-refractivity contribution in [2.24, 2.45) is 11.7 Å². The van der Waals surface area contributed by atoms with Gasteiger partial charge < -0.3 is 10.6 Å². The second-order valence-electron chi connectivity index (χ2n) is 5.06. The standard InChI is InChI=1S/C12H27N3O2S/c1-4-18(16,17)9-5-7-15(10-11(2)3)8-6-12(13)14/h11H,4-10H2,1-3H3,(H3,13,14). The summed E-state index contributed by atoms with van der Waals surface area (Å²) in [6, 6.07) is 0. The molecule has 5 nitrogen and oxygen atoms in total.